The molecule has 32 heavy (non-hydrogen) atoms. The van der Waals surface area contributed by atoms with E-state index in [1.54, 1.807) is 0 Å². The highest BCUT2D eigenvalue weighted by Crippen LogP contribution is 2.14. The van der Waals surface area contributed by atoms with Crippen LogP contribution in [0.2, 0.25) is 0 Å². The summed E-state index contributed by atoms with van der Waals surface area (Å²) < 4.78 is 0. The monoisotopic (exact) mass is 456 g/mol. The van der Waals surface area contributed by atoms with Gasteiger partial charge in [-0.25, -0.2) is 5.01 Å². The first-order valence-corrected chi connectivity index (χ1v) is 14.3. The molecule has 0 fully saturated rings. The average Bonchev–Trinajstić information content (AvgIpc) is 2.79. The lowest BCUT2D eigenvalue weighted by Crippen LogP contribution is -2.37. The molecule has 0 saturated carbocycles. The fourth-order valence-electron chi connectivity index (χ4n) is 4.03. The Morgan fingerprint density at radius 1 is 0.562 bits per heavy atom. The number of carbonyl (C=O) groups is 1. The summed E-state index contributed by atoms with van der Waals surface area (Å²) in [7, 11) is 0. The van der Waals surface area contributed by atoms with Crippen molar-refractivity contribution in [2.24, 2.45) is 0 Å². The molecule has 0 atom stereocenters. The lowest BCUT2D eigenvalue weighted by Gasteiger charge is -2.17. The van der Waals surface area contributed by atoms with Gasteiger partial charge in [-0.2, -0.15) is 0 Å². The molecule has 0 unspecified atom stereocenters. The highest BCUT2D eigenvalue weighted by Gasteiger charge is 1.97. The van der Waals surface area contributed by atoms with Crippen LogP contribution in [0.15, 0.2) is 0 Å². The van der Waals surface area contributed by atoms with Crippen LogP contribution >= 0.6 is 0 Å². The van der Waals surface area contributed by atoms with Crippen LogP contribution in [-0.2, 0) is 4.79 Å². The summed E-state index contributed by atoms with van der Waals surface area (Å²) in [6.45, 7) is 11.9. The van der Waals surface area contributed by atoms with Gasteiger partial charge < -0.3 is 5.11 Å². The lowest BCUT2D eigenvalue weighted by atomic mass is 10.0. The standard InChI is InChI=1S/C22H44O2.C6H16N2/c1-2-3-4-5-6-7-8-9-10-11-12-13-14-15-16-17-18-19-20-21-22(23)24;1-4-7-8(5-2)6-3/h2-21H2,1H3,(H,23,24);7H,4-6H2,1-3H3. The van der Waals surface area contributed by atoms with Gasteiger partial charge >= 0.3 is 5.97 Å². The van der Waals surface area contributed by atoms with Gasteiger partial charge in [0, 0.05) is 26.1 Å². The second kappa shape index (κ2) is 30.4. The highest BCUT2D eigenvalue weighted by atomic mass is 16.4. The molecule has 0 radical (unpaired) electrons. The zero-order valence-corrected chi connectivity index (χ0v) is 22.6. The van der Waals surface area contributed by atoms with Crippen LogP contribution in [0.5, 0.6) is 0 Å². The molecule has 4 heteroatoms. The Morgan fingerprint density at radius 3 is 1.09 bits per heavy atom. The number of nitrogens with zero attached hydrogens (tertiary/aromatic N) is 1. The number of hydrogen-bond donors (Lipinski definition) is 2. The number of carboxylic acid groups (broad SMARTS) is 1. The highest BCUT2D eigenvalue weighted by molar-refractivity contribution is 5.66. The van der Waals surface area contributed by atoms with Gasteiger partial charge in [-0.3, -0.25) is 10.2 Å². The average molecular weight is 457 g/mol. The molecule has 0 rings (SSSR count). The summed E-state index contributed by atoms with van der Waals surface area (Å²) >= 11 is 0. The number of nitrogens with one attached hydrogen (secondary N) is 1. The van der Waals surface area contributed by atoms with E-state index in [1.165, 1.54) is 109 Å². The smallest absolute Gasteiger partial charge is 0.303 e. The number of aliphatic carboxylic acids is 1. The topological polar surface area (TPSA) is 52.6 Å². The van der Waals surface area contributed by atoms with Gasteiger partial charge in [0.25, 0.3) is 0 Å². The molecule has 0 aliphatic heterocycles. The maximum Gasteiger partial charge on any atom is 0.303 e. The Hall–Kier alpha value is -0.610. The minimum Gasteiger partial charge on any atom is -0.481 e. The Bertz CT molecular complexity index is 346. The Balaban J connectivity index is 0. The molecule has 0 saturated heterocycles. The molecule has 0 aliphatic carbocycles. The summed E-state index contributed by atoms with van der Waals surface area (Å²) in [6.07, 6.45) is 26.1. The normalized spacial score (nSPS) is 10.9. The van der Waals surface area contributed by atoms with Gasteiger partial charge in [0.05, 0.1) is 0 Å². The van der Waals surface area contributed by atoms with E-state index in [2.05, 4.69) is 38.1 Å². The van der Waals surface area contributed by atoms with E-state index in [0.717, 1.165) is 32.5 Å². The molecule has 0 spiro atoms. The molecule has 0 aliphatic rings. The van der Waals surface area contributed by atoms with Crippen molar-refractivity contribution in [3.8, 4) is 0 Å². The number of hydrogen-bond acceptors (Lipinski definition) is 3. The van der Waals surface area contributed by atoms with Crippen molar-refractivity contribution < 1.29 is 9.90 Å². The number of hydrazine groups is 1. The Kier molecular flexibility index (Phi) is 31.9. The van der Waals surface area contributed by atoms with E-state index in [-0.39, 0.29) is 0 Å². The molecular weight excluding hydrogens is 396 g/mol. The molecule has 194 valence electrons. The SMILES string of the molecule is CCCCCCCCCCCCCCCCCCCCCC(=O)O.CCNN(CC)CC. The van der Waals surface area contributed by atoms with Crippen molar-refractivity contribution >= 4 is 5.97 Å². The zero-order valence-electron chi connectivity index (χ0n) is 22.6. The van der Waals surface area contributed by atoms with Crippen LogP contribution in [0.25, 0.3) is 0 Å². The Morgan fingerprint density at radius 2 is 0.875 bits per heavy atom. The fourth-order valence-corrected chi connectivity index (χ4v) is 4.03. The minimum atomic E-state index is -0.651. The van der Waals surface area contributed by atoms with Crippen LogP contribution in [-0.4, -0.2) is 35.7 Å². The van der Waals surface area contributed by atoms with E-state index < -0.39 is 5.97 Å². The summed E-state index contributed by atoms with van der Waals surface area (Å²) in [5.41, 5.74) is 3.22. The molecule has 0 amide bonds. The van der Waals surface area contributed by atoms with E-state index >= 15 is 0 Å². The largest absolute Gasteiger partial charge is 0.481 e. The molecule has 0 aromatic rings. The van der Waals surface area contributed by atoms with Crippen LogP contribution in [0.4, 0.5) is 0 Å². The van der Waals surface area contributed by atoms with Gasteiger partial charge in [-0.15, -0.1) is 0 Å². The summed E-state index contributed by atoms with van der Waals surface area (Å²) in [4.78, 5) is 10.4. The maximum atomic E-state index is 10.4. The second-order valence-corrected chi connectivity index (χ2v) is 9.19. The first-order valence-electron chi connectivity index (χ1n) is 14.3. The van der Waals surface area contributed by atoms with E-state index in [0.29, 0.717) is 6.42 Å². The van der Waals surface area contributed by atoms with Crippen LogP contribution < -0.4 is 5.43 Å². The molecule has 2 N–H and O–H groups in total. The van der Waals surface area contributed by atoms with Gasteiger partial charge in [-0.1, -0.05) is 143 Å². The third-order valence-electron chi connectivity index (χ3n) is 6.14. The minimum absolute atomic E-state index is 0.346. The van der Waals surface area contributed by atoms with Gasteiger partial charge in [-0.05, 0) is 6.42 Å². The van der Waals surface area contributed by atoms with Gasteiger partial charge in [0.15, 0.2) is 0 Å². The van der Waals surface area contributed by atoms with Crippen molar-refractivity contribution in [2.75, 3.05) is 19.6 Å². The summed E-state index contributed by atoms with van der Waals surface area (Å²) in [5, 5.41) is 10.7. The van der Waals surface area contributed by atoms with E-state index in [1.807, 2.05) is 0 Å². The summed E-state index contributed by atoms with van der Waals surface area (Å²) in [6, 6.07) is 0. The van der Waals surface area contributed by atoms with Crippen LogP contribution in [0.3, 0.4) is 0 Å². The summed E-state index contributed by atoms with van der Waals surface area (Å²) in [5.74, 6) is -0.651. The Labute approximate surface area is 202 Å². The number of rotatable bonds is 24. The van der Waals surface area contributed by atoms with Crippen LogP contribution in [0.1, 0.15) is 156 Å². The van der Waals surface area contributed by atoms with Gasteiger partial charge in [0.1, 0.15) is 0 Å². The van der Waals surface area contributed by atoms with Gasteiger partial charge in [0.2, 0.25) is 0 Å². The van der Waals surface area contributed by atoms with Crippen LogP contribution in [0, 0.1) is 0 Å². The molecule has 0 bridgehead atoms. The second-order valence-electron chi connectivity index (χ2n) is 9.19. The number of unbranched alkanes of at least 4 members (excludes halogenated alkanes) is 18. The van der Waals surface area contributed by atoms with Crippen molar-refractivity contribution in [3.63, 3.8) is 0 Å². The molecular formula is C28H60N2O2. The first kappa shape index (κ1) is 33.6. The van der Waals surface area contributed by atoms with E-state index in [4.69, 9.17) is 5.11 Å². The predicted molar refractivity (Wildman–Crippen MR) is 142 cm³/mol. The number of carboxylic acids is 1. The third kappa shape index (κ3) is 31.6. The predicted octanol–water partition coefficient (Wildman–Crippen LogP) is 8.75. The maximum absolute atomic E-state index is 10.4. The van der Waals surface area contributed by atoms with Crippen molar-refractivity contribution in [2.45, 2.75) is 156 Å². The quantitative estimate of drug-likeness (QED) is 0.113. The fraction of sp³-hybridized carbons (Fsp3) is 0.964. The zero-order chi connectivity index (χ0) is 24.1. The third-order valence-corrected chi connectivity index (χ3v) is 6.14. The first-order chi connectivity index (χ1) is 15.6. The van der Waals surface area contributed by atoms with Crippen molar-refractivity contribution in [3.05, 3.63) is 0 Å². The lowest BCUT2D eigenvalue weighted by molar-refractivity contribution is -0.137. The van der Waals surface area contributed by atoms with E-state index in [9.17, 15) is 4.79 Å². The molecule has 0 aromatic heterocycles. The van der Waals surface area contributed by atoms with Crippen molar-refractivity contribution in [1.82, 2.24) is 10.4 Å². The molecule has 0 heterocycles. The van der Waals surface area contributed by atoms with Crippen molar-refractivity contribution in [1.29, 1.82) is 0 Å². The molecule has 0 aromatic carbocycles. The molecule has 4 nitrogen and oxygen atoms in total.